The van der Waals surface area contributed by atoms with Crippen molar-refractivity contribution in [1.82, 2.24) is 4.90 Å². The molecule has 3 heteroatoms. The van der Waals surface area contributed by atoms with Crippen molar-refractivity contribution in [2.45, 2.75) is 44.7 Å². The fourth-order valence-electron chi connectivity index (χ4n) is 3.65. The van der Waals surface area contributed by atoms with Gasteiger partial charge < -0.3 is 5.11 Å². The van der Waals surface area contributed by atoms with Gasteiger partial charge in [0.2, 0.25) is 0 Å². The molecule has 2 atom stereocenters. The minimum absolute atomic E-state index is 0.0519. The highest BCUT2D eigenvalue weighted by atomic mass is 32.1. The zero-order valence-corrected chi connectivity index (χ0v) is 12.1. The van der Waals surface area contributed by atoms with Gasteiger partial charge in [-0.05, 0) is 49.6 Å². The van der Waals surface area contributed by atoms with Gasteiger partial charge in [-0.2, -0.15) is 0 Å². The fourth-order valence-corrected chi connectivity index (χ4v) is 4.50. The van der Waals surface area contributed by atoms with Crippen LogP contribution in [0.3, 0.4) is 0 Å². The van der Waals surface area contributed by atoms with Crippen LogP contribution < -0.4 is 0 Å². The SMILES string of the molecule is OCC#Cc1ccsc1CN1CCCC2CCCC21. The molecule has 0 bridgehead atoms. The van der Waals surface area contributed by atoms with Gasteiger partial charge in [0.05, 0.1) is 0 Å². The Bertz CT molecular complexity index is 484. The van der Waals surface area contributed by atoms with E-state index in [9.17, 15) is 0 Å². The van der Waals surface area contributed by atoms with Crippen LogP contribution in [0.1, 0.15) is 42.5 Å². The molecule has 0 aromatic carbocycles. The predicted molar refractivity (Wildman–Crippen MR) is 79.1 cm³/mol. The average molecular weight is 275 g/mol. The van der Waals surface area contributed by atoms with E-state index >= 15 is 0 Å². The van der Waals surface area contributed by atoms with Crippen LogP contribution in [0.15, 0.2) is 11.4 Å². The Hall–Kier alpha value is -0.820. The van der Waals surface area contributed by atoms with Crippen molar-refractivity contribution in [2.24, 2.45) is 5.92 Å². The number of likely N-dealkylation sites (tertiary alicyclic amines) is 1. The Kier molecular flexibility index (Phi) is 4.22. The Labute approximate surface area is 119 Å². The van der Waals surface area contributed by atoms with E-state index in [1.807, 2.05) is 0 Å². The van der Waals surface area contributed by atoms with Crippen LogP contribution in [-0.4, -0.2) is 29.2 Å². The standard InChI is InChI=1S/C16H21NOS/c18-10-3-6-14-8-11-19-16(14)12-17-9-2-5-13-4-1-7-15(13)17/h8,11,13,15,18H,1-2,4-5,7,9-10,12H2. The van der Waals surface area contributed by atoms with Crippen molar-refractivity contribution >= 4 is 11.3 Å². The summed E-state index contributed by atoms with van der Waals surface area (Å²) in [5.74, 6) is 6.79. The number of aliphatic hydroxyl groups is 1. The molecule has 1 saturated heterocycles. The van der Waals surface area contributed by atoms with Crippen LogP contribution in [-0.2, 0) is 6.54 Å². The summed E-state index contributed by atoms with van der Waals surface area (Å²) in [6.45, 7) is 2.24. The van der Waals surface area contributed by atoms with Crippen molar-refractivity contribution in [2.75, 3.05) is 13.2 Å². The second-order valence-electron chi connectivity index (χ2n) is 5.59. The zero-order chi connectivity index (χ0) is 13.1. The summed E-state index contributed by atoms with van der Waals surface area (Å²) in [6, 6.07) is 2.90. The molecular weight excluding hydrogens is 254 g/mol. The summed E-state index contributed by atoms with van der Waals surface area (Å²) in [5.41, 5.74) is 1.11. The number of thiophene rings is 1. The summed E-state index contributed by atoms with van der Waals surface area (Å²) < 4.78 is 0. The highest BCUT2D eigenvalue weighted by Gasteiger charge is 2.34. The summed E-state index contributed by atoms with van der Waals surface area (Å²) in [5, 5.41) is 10.9. The number of hydrogen-bond acceptors (Lipinski definition) is 3. The minimum atomic E-state index is -0.0519. The molecule has 19 heavy (non-hydrogen) atoms. The van der Waals surface area contributed by atoms with Crippen LogP contribution in [0.25, 0.3) is 0 Å². The van der Waals surface area contributed by atoms with Crippen LogP contribution in [0, 0.1) is 17.8 Å². The molecule has 2 heterocycles. The Morgan fingerprint density at radius 1 is 1.32 bits per heavy atom. The summed E-state index contributed by atoms with van der Waals surface area (Å²) >= 11 is 1.80. The first-order valence-electron chi connectivity index (χ1n) is 7.28. The molecule has 3 rings (SSSR count). The zero-order valence-electron chi connectivity index (χ0n) is 11.3. The highest BCUT2D eigenvalue weighted by Crippen LogP contribution is 2.37. The van der Waals surface area contributed by atoms with Crippen molar-refractivity contribution < 1.29 is 5.11 Å². The first-order valence-corrected chi connectivity index (χ1v) is 8.16. The molecule has 1 aromatic heterocycles. The van der Waals surface area contributed by atoms with Gasteiger partial charge in [0.15, 0.2) is 0 Å². The van der Waals surface area contributed by atoms with Crippen molar-refractivity contribution in [3.8, 4) is 11.8 Å². The molecule has 102 valence electrons. The van der Waals surface area contributed by atoms with E-state index in [1.54, 1.807) is 11.3 Å². The molecule has 2 fully saturated rings. The van der Waals surface area contributed by atoms with E-state index in [4.69, 9.17) is 5.11 Å². The maximum absolute atomic E-state index is 8.82. The lowest BCUT2D eigenvalue weighted by Gasteiger charge is -2.37. The van der Waals surface area contributed by atoms with Crippen molar-refractivity contribution in [3.63, 3.8) is 0 Å². The Morgan fingerprint density at radius 3 is 3.11 bits per heavy atom. The number of fused-ring (bicyclic) bond motifs is 1. The van der Waals surface area contributed by atoms with Crippen LogP contribution in [0.2, 0.25) is 0 Å². The molecule has 0 amide bonds. The monoisotopic (exact) mass is 275 g/mol. The molecule has 2 unspecified atom stereocenters. The Balaban J connectivity index is 1.72. The normalized spacial score (nSPS) is 26.8. The third-order valence-electron chi connectivity index (χ3n) is 4.50. The largest absolute Gasteiger partial charge is 0.384 e. The number of hydrogen-bond donors (Lipinski definition) is 1. The maximum atomic E-state index is 8.82. The lowest BCUT2D eigenvalue weighted by molar-refractivity contribution is 0.107. The molecule has 1 aliphatic carbocycles. The second kappa shape index (κ2) is 6.09. The molecular formula is C16H21NOS. The van der Waals surface area contributed by atoms with Crippen molar-refractivity contribution in [1.29, 1.82) is 0 Å². The van der Waals surface area contributed by atoms with E-state index in [0.717, 1.165) is 24.1 Å². The smallest absolute Gasteiger partial charge is 0.104 e. The van der Waals surface area contributed by atoms with Gasteiger partial charge >= 0.3 is 0 Å². The van der Waals surface area contributed by atoms with Crippen LogP contribution >= 0.6 is 11.3 Å². The maximum Gasteiger partial charge on any atom is 0.104 e. The van der Waals surface area contributed by atoms with E-state index in [-0.39, 0.29) is 6.61 Å². The molecule has 2 aliphatic rings. The van der Waals surface area contributed by atoms with Gasteiger partial charge in [0, 0.05) is 23.0 Å². The van der Waals surface area contributed by atoms with Gasteiger partial charge in [-0.1, -0.05) is 18.3 Å². The number of aliphatic hydroxyl groups excluding tert-OH is 1. The van der Waals surface area contributed by atoms with Gasteiger partial charge in [-0.15, -0.1) is 11.3 Å². The molecule has 1 aromatic rings. The van der Waals surface area contributed by atoms with E-state index in [1.165, 1.54) is 43.5 Å². The molecule has 0 radical (unpaired) electrons. The third-order valence-corrected chi connectivity index (χ3v) is 5.41. The third kappa shape index (κ3) is 2.86. The lowest BCUT2D eigenvalue weighted by atomic mass is 9.92. The minimum Gasteiger partial charge on any atom is -0.384 e. The molecule has 1 aliphatic heterocycles. The fraction of sp³-hybridized carbons (Fsp3) is 0.625. The highest BCUT2D eigenvalue weighted by molar-refractivity contribution is 7.10. The van der Waals surface area contributed by atoms with E-state index in [2.05, 4.69) is 28.2 Å². The summed E-state index contributed by atoms with van der Waals surface area (Å²) in [4.78, 5) is 4.05. The average Bonchev–Trinajstić information content (AvgIpc) is 3.05. The molecule has 2 nitrogen and oxygen atoms in total. The Morgan fingerprint density at radius 2 is 2.21 bits per heavy atom. The summed E-state index contributed by atoms with van der Waals surface area (Å²) in [6.07, 6.45) is 7.01. The number of rotatable bonds is 2. The van der Waals surface area contributed by atoms with Crippen LogP contribution in [0.4, 0.5) is 0 Å². The lowest BCUT2D eigenvalue weighted by Crippen LogP contribution is -2.41. The number of piperidine rings is 1. The van der Waals surface area contributed by atoms with E-state index in [0.29, 0.717) is 0 Å². The molecule has 1 N–H and O–H groups in total. The second-order valence-corrected chi connectivity index (χ2v) is 6.59. The first-order chi connectivity index (χ1) is 9.38. The quantitative estimate of drug-likeness (QED) is 0.839. The van der Waals surface area contributed by atoms with E-state index < -0.39 is 0 Å². The first kappa shape index (κ1) is 13.2. The predicted octanol–water partition coefficient (Wildman–Crippen LogP) is 2.86. The molecule has 0 spiro atoms. The number of nitrogens with zero attached hydrogens (tertiary/aromatic N) is 1. The van der Waals surface area contributed by atoms with Crippen molar-refractivity contribution in [3.05, 3.63) is 21.9 Å². The van der Waals surface area contributed by atoms with Gasteiger partial charge in [-0.3, -0.25) is 4.90 Å². The summed E-state index contributed by atoms with van der Waals surface area (Å²) in [7, 11) is 0. The molecule has 1 saturated carbocycles. The van der Waals surface area contributed by atoms with Gasteiger partial charge in [0.1, 0.15) is 6.61 Å². The van der Waals surface area contributed by atoms with Crippen LogP contribution in [0.5, 0.6) is 0 Å². The van der Waals surface area contributed by atoms with Gasteiger partial charge in [0.25, 0.3) is 0 Å². The topological polar surface area (TPSA) is 23.5 Å². The van der Waals surface area contributed by atoms with Gasteiger partial charge in [-0.25, -0.2) is 0 Å².